The van der Waals surface area contributed by atoms with Gasteiger partial charge < -0.3 is 10.8 Å². The summed E-state index contributed by atoms with van der Waals surface area (Å²) >= 11 is 0. The monoisotopic (exact) mass is 278 g/mol. The molecule has 0 radical (unpaired) electrons. The fourth-order valence-corrected chi connectivity index (χ4v) is 3.78. The zero-order valence-corrected chi connectivity index (χ0v) is 10.8. The third kappa shape index (κ3) is 4.26. The van der Waals surface area contributed by atoms with E-state index in [1.165, 1.54) is 0 Å². The zero-order chi connectivity index (χ0) is 13.8. The molecule has 1 rings (SSSR count). The Balaban J connectivity index is 2.71. The van der Waals surface area contributed by atoms with E-state index in [0.29, 0.717) is 12.8 Å². The molecular formula is C10H18N2O5S. The number of hydrogen-bond acceptors (Lipinski definition) is 4. The van der Waals surface area contributed by atoms with E-state index in [2.05, 4.69) is 4.72 Å². The molecule has 0 aliphatic heterocycles. The Morgan fingerprint density at radius 1 is 1.28 bits per heavy atom. The van der Waals surface area contributed by atoms with Crippen LogP contribution in [0.15, 0.2) is 0 Å². The van der Waals surface area contributed by atoms with Crippen LogP contribution in [0.2, 0.25) is 0 Å². The van der Waals surface area contributed by atoms with Gasteiger partial charge in [0.1, 0.15) is 6.04 Å². The minimum atomic E-state index is -3.71. The van der Waals surface area contributed by atoms with Gasteiger partial charge in [0.05, 0.1) is 11.7 Å². The van der Waals surface area contributed by atoms with Crippen LogP contribution < -0.4 is 10.5 Å². The van der Waals surface area contributed by atoms with Gasteiger partial charge in [-0.05, 0) is 12.8 Å². The zero-order valence-electron chi connectivity index (χ0n) is 9.96. The number of carboxylic acids is 1. The average molecular weight is 278 g/mol. The molecule has 1 aliphatic carbocycles. The molecule has 0 heterocycles. The summed E-state index contributed by atoms with van der Waals surface area (Å²) in [4.78, 5) is 21.6. The van der Waals surface area contributed by atoms with Gasteiger partial charge >= 0.3 is 5.97 Å². The van der Waals surface area contributed by atoms with Crippen molar-refractivity contribution in [3.8, 4) is 0 Å². The van der Waals surface area contributed by atoms with Crippen LogP contribution in [0.3, 0.4) is 0 Å². The highest BCUT2D eigenvalue weighted by molar-refractivity contribution is 7.90. The molecule has 8 heteroatoms. The third-order valence-electron chi connectivity index (χ3n) is 3.00. The SMILES string of the molecule is NC(=O)C[C@H](NS(=O)(=O)C1CCCCC1)C(=O)O. The normalized spacial score (nSPS) is 19.3. The number of carbonyl (C=O) groups excluding carboxylic acids is 1. The summed E-state index contributed by atoms with van der Waals surface area (Å²) in [5.41, 5.74) is 4.89. The maximum Gasteiger partial charge on any atom is 0.322 e. The van der Waals surface area contributed by atoms with Gasteiger partial charge in [-0.3, -0.25) is 9.59 Å². The molecule has 4 N–H and O–H groups in total. The predicted octanol–water partition coefficient (Wildman–Crippen LogP) is -0.433. The van der Waals surface area contributed by atoms with Crippen LogP contribution in [-0.4, -0.2) is 36.7 Å². The van der Waals surface area contributed by atoms with Crippen molar-refractivity contribution in [3.63, 3.8) is 0 Å². The van der Waals surface area contributed by atoms with Crippen molar-refractivity contribution in [2.24, 2.45) is 5.73 Å². The second-order valence-corrected chi connectivity index (χ2v) is 6.48. The number of carboxylic acid groups (broad SMARTS) is 1. The lowest BCUT2D eigenvalue weighted by molar-refractivity contribution is -0.140. The lowest BCUT2D eigenvalue weighted by Crippen LogP contribution is -2.47. The van der Waals surface area contributed by atoms with Crippen molar-refractivity contribution in [3.05, 3.63) is 0 Å². The highest BCUT2D eigenvalue weighted by Crippen LogP contribution is 2.23. The first kappa shape index (κ1) is 14.9. The Kier molecular flexibility index (Phi) is 5.09. The summed E-state index contributed by atoms with van der Waals surface area (Å²) in [6.07, 6.45) is 3.14. The molecule has 0 aromatic carbocycles. The van der Waals surface area contributed by atoms with Crippen LogP contribution in [-0.2, 0) is 19.6 Å². The minimum Gasteiger partial charge on any atom is -0.480 e. The minimum absolute atomic E-state index is 0.526. The molecule has 0 unspecified atom stereocenters. The lowest BCUT2D eigenvalue weighted by Gasteiger charge is -2.23. The summed E-state index contributed by atoms with van der Waals surface area (Å²) in [5, 5.41) is 8.28. The maximum atomic E-state index is 12.0. The molecule has 0 spiro atoms. The van der Waals surface area contributed by atoms with Crippen molar-refractivity contribution in [1.29, 1.82) is 0 Å². The van der Waals surface area contributed by atoms with Crippen LogP contribution in [0.4, 0.5) is 0 Å². The number of nitrogens with two attached hydrogens (primary N) is 1. The Bertz CT molecular complexity index is 414. The van der Waals surface area contributed by atoms with Gasteiger partial charge in [0.25, 0.3) is 0 Å². The fourth-order valence-electron chi connectivity index (χ4n) is 2.05. The molecule has 0 bridgehead atoms. The first-order valence-corrected chi connectivity index (χ1v) is 7.40. The number of primary amides is 1. The van der Waals surface area contributed by atoms with Gasteiger partial charge in [-0.2, -0.15) is 0 Å². The van der Waals surface area contributed by atoms with Crippen LogP contribution in [0.1, 0.15) is 38.5 Å². The highest BCUT2D eigenvalue weighted by Gasteiger charge is 2.32. The Morgan fingerprint density at radius 3 is 2.28 bits per heavy atom. The van der Waals surface area contributed by atoms with Crippen LogP contribution in [0.25, 0.3) is 0 Å². The van der Waals surface area contributed by atoms with Gasteiger partial charge in [0, 0.05) is 0 Å². The van der Waals surface area contributed by atoms with Crippen molar-refractivity contribution in [2.75, 3.05) is 0 Å². The van der Waals surface area contributed by atoms with E-state index < -0.39 is 39.6 Å². The second kappa shape index (κ2) is 6.14. The maximum absolute atomic E-state index is 12.0. The molecule has 1 aliphatic rings. The van der Waals surface area contributed by atoms with Crippen LogP contribution in [0, 0.1) is 0 Å². The van der Waals surface area contributed by atoms with Crippen LogP contribution in [0.5, 0.6) is 0 Å². The van der Waals surface area contributed by atoms with Crippen molar-refractivity contribution >= 4 is 21.9 Å². The van der Waals surface area contributed by atoms with E-state index in [1.54, 1.807) is 0 Å². The average Bonchev–Trinajstić information content (AvgIpc) is 2.28. The van der Waals surface area contributed by atoms with E-state index in [0.717, 1.165) is 19.3 Å². The molecule has 0 saturated heterocycles. The van der Waals surface area contributed by atoms with Gasteiger partial charge in [-0.1, -0.05) is 19.3 Å². The Morgan fingerprint density at radius 2 is 1.83 bits per heavy atom. The molecule has 1 atom stereocenters. The van der Waals surface area contributed by atoms with Gasteiger partial charge in [-0.25, -0.2) is 13.1 Å². The van der Waals surface area contributed by atoms with E-state index in [-0.39, 0.29) is 0 Å². The molecular weight excluding hydrogens is 260 g/mol. The number of rotatable bonds is 6. The summed E-state index contributed by atoms with van der Waals surface area (Å²) in [7, 11) is -3.71. The fraction of sp³-hybridized carbons (Fsp3) is 0.800. The third-order valence-corrected chi connectivity index (χ3v) is 4.96. The molecule has 1 fully saturated rings. The Hall–Kier alpha value is -1.15. The standard InChI is InChI=1S/C10H18N2O5S/c11-9(13)6-8(10(14)15)12-18(16,17)7-4-2-1-3-5-7/h7-8,12H,1-6H2,(H2,11,13)(H,14,15)/t8-/m0/s1. The van der Waals surface area contributed by atoms with Crippen molar-refractivity contribution in [1.82, 2.24) is 4.72 Å². The highest BCUT2D eigenvalue weighted by atomic mass is 32.2. The van der Waals surface area contributed by atoms with E-state index in [4.69, 9.17) is 10.8 Å². The smallest absolute Gasteiger partial charge is 0.322 e. The Labute approximate surface area is 106 Å². The first-order chi connectivity index (χ1) is 8.33. The molecule has 0 aromatic heterocycles. The van der Waals surface area contributed by atoms with Crippen molar-refractivity contribution in [2.45, 2.75) is 49.8 Å². The largest absolute Gasteiger partial charge is 0.480 e. The molecule has 1 saturated carbocycles. The topological polar surface area (TPSA) is 127 Å². The molecule has 7 nitrogen and oxygen atoms in total. The molecule has 1 amide bonds. The quantitative estimate of drug-likeness (QED) is 0.607. The summed E-state index contributed by atoms with van der Waals surface area (Å²) in [5.74, 6) is -2.25. The molecule has 0 aromatic rings. The number of amides is 1. The summed E-state index contributed by atoms with van der Waals surface area (Å²) < 4.78 is 26.0. The van der Waals surface area contributed by atoms with Gasteiger partial charge in [-0.15, -0.1) is 0 Å². The second-order valence-electron chi connectivity index (χ2n) is 4.48. The number of hydrogen-bond donors (Lipinski definition) is 3. The van der Waals surface area contributed by atoms with Crippen molar-refractivity contribution < 1.29 is 23.1 Å². The van der Waals surface area contributed by atoms with Gasteiger partial charge in [0.15, 0.2) is 0 Å². The number of aliphatic carboxylic acids is 1. The molecule has 104 valence electrons. The summed E-state index contributed by atoms with van der Waals surface area (Å²) in [6, 6.07) is -1.48. The van der Waals surface area contributed by atoms with Gasteiger partial charge in [0.2, 0.25) is 15.9 Å². The number of carbonyl (C=O) groups is 2. The molecule has 18 heavy (non-hydrogen) atoms. The summed E-state index contributed by atoms with van der Waals surface area (Å²) in [6.45, 7) is 0. The number of nitrogens with one attached hydrogen (secondary N) is 1. The van der Waals surface area contributed by atoms with E-state index in [1.807, 2.05) is 0 Å². The van der Waals surface area contributed by atoms with E-state index in [9.17, 15) is 18.0 Å². The number of sulfonamides is 1. The van der Waals surface area contributed by atoms with Crippen LogP contribution >= 0.6 is 0 Å². The first-order valence-electron chi connectivity index (χ1n) is 5.85. The van der Waals surface area contributed by atoms with E-state index >= 15 is 0 Å². The predicted molar refractivity (Wildman–Crippen MR) is 64.2 cm³/mol. The lowest BCUT2D eigenvalue weighted by atomic mass is 10.0.